The van der Waals surface area contributed by atoms with Gasteiger partial charge in [0.2, 0.25) is 0 Å². The predicted molar refractivity (Wildman–Crippen MR) is 83.6 cm³/mol. The molecule has 0 aliphatic heterocycles. The molecule has 0 spiro atoms. The Morgan fingerprint density at radius 3 is 2.74 bits per heavy atom. The Morgan fingerprint density at radius 2 is 2.16 bits per heavy atom. The number of likely N-dealkylation sites (N-methyl/N-ethyl adjacent to an activating group) is 1. The SMILES string of the molecule is CCCCC1CCC(C(Cc2cncs2)NC)CC1. The summed E-state index contributed by atoms with van der Waals surface area (Å²) in [6, 6.07) is 0.646. The van der Waals surface area contributed by atoms with Crippen LogP contribution >= 0.6 is 11.3 Å². The van der Waals surface area contributed by atoms with E-state index in [0.29, 0.717) is 6.04 Å². The molecule has 108 valence electrons. The van der Waals surface area contributed by atoms with Gasteiger partial charge in [-0.25, -0.2) is 0 Å². The van der Waals surface area contributed by atoms with Crippen molar-refractivity contribution in [3.63, 3.8) is 0 Å². The highest BCUT2D eigenvalue weighted by molar-refractivity contribution is 7.09. The standard InChI is InChI=1S/C16H28N2S/c1-3-4-5-13-6-8-14(9-7-13)16(17-2)10-15-11-18-12-19-15/h11-14,16-17H,3-10H2,1-2H3. The molecule has 0 amide bonds. The van der Waals surface area contributed by atoms with Gasteiger partial charge in [0.25, 0.3) is 0 Å². The Morgan fingerprint density at radius 1 is 1.37 bits per heavy atom. The van der Waals surface area contributed by atoms with Gasteiger partial charge in [0.1, 0.15) is 0 Å². The van der Waals surface area contributed by atoms with Crippen molar-refractivity contribution < 1.29 is 0 Å². The Labute approximate surface area is 122 Å². The van der Waals surface area contributed by atoms with E-state index in [1.165, 1.54) is 49.8 Å². The lowest BCUT2D eigenvalue weighted by atomic mass is 9.76. The Hall–Kier alpha value is -0.410. The number of hydrogen-bond donors (Lipinski definition) is 1. The highest BCUT2D eigenvalue weighted by Gasteiger charge is 2.26. The molecule has 1 heterocycles. The summed E-state index contributed by atoms with van der Waals surface area (Å²) in [5.41, 5.74) is 1.95. The smallest absolute Gasteiger partial charge is 0.0794 e. The third-order valence-electron chi connectivity index (χ3n) is 4.70. The van der Waals surface area contributed by atoms with E-state index < -0.39 is 0 Å². The summed E-state index contributed by atoms with van der Waals surface area (Å²) in [6.45, 7) is 2.30. The first-order valence-corrected chi connectivity index (χ1v) is 8.76. The summed E-state index contributed by atoms with van der Waals surface area (Å²) >= 11 is 1.79. The quantitative estimate of drug-likeness (QED) is 0.807. The van der Waals surface area contributed by atoms with Crippen LogP contribution in [0.5, 0.6) is 0 Å². The first-order valence-electron chi connectivity index (χ1n) is 7.88. The molecule has 0 bridgehead atoms. The van der Waals surface area contributed by atoms with Gasteiger partial charge < -0.3 is 5.32 Å². The molecule has 1 aliphatic carbocycles. The maximum absolute atomic E-state index is 4.19. The van der Waals surface area contributed by atoms with Crippen LogP contribution < -0.4 is 5.32 Å². The van der Waals surface area contributed by atoms with Crippen molar-refractivity contribution >= 4 is 11.3 Å². The Balaban J connectivity index is 1.78. The molecule has 0 radical (unpaired) electrons. The second-order valence-corrected chi connectivity index (χ2v) is 6.96. The minimum absolute atomic E-state index is 0.646. The normalized spacial score (nSPS) is 25.4. The van der Waals surface area contributed by atoms with Crippen LogP contribution in [-0.2, 0) is 6.42 Å². The van der Waals surface area contributed by atoms with Crippen LogP contribution in [0.1, 0.15) is 56.7 Å². The molecule has 0 aromatic carbocycles. The van der Waals surface area contributed by atoms with Gasteiger partial charge in [0.05, 0.1) is 5.51 Å². The first-order chi connectivity index (χ1) is 9.33. The first kappa shape index (κ1) is 15.0. The Kier molecular flexibility index (Phi) is 6.32. The van der Waals surface area contributed by atoms with Crippen LogP contribution in [0.2, 0.25) is 0 Å². The van der Waals surface area contributed by atoms with Gasteiger partial charge in [-0.15, -0.1) is 11.3 Å². The molecule has 2 nitrogen and oxygen atoms in total. The van der Waals surface area contributed by atoms with Gasteiger partial charge in [-0.3, -0.25) is 4.98 Å². The fourth-order valence-corrected chi connectivity index (χ4v) is 4.09. The van der Waals surface area contributed by atoms with E-state index in [2.05, 4.69) is 24.3 Å². The van der Waals surface area contributed by atoms with E-state index in [0.717, 1.165) is 18.3 Å². The topological polar surface area (TPSA) is 24.9 Å². The highest BCUT2D eigenvalue weighted by atomic mass is 32.1. The van der Waals surface area contributed by atoms with Gasteiger partial charge in [-0.05, 0) is 38.1 Å². The Bertz CT molecular complexity index is 329. The summed E-state index contributed by atoms with van der Waals surface area (Å²) in [7, 11) is 2.12. The molecule has 1 unspecified atom stereocenters. The largest absolute Gasteiger partial charge is 0.316 e. The molecule has 1 atom stereocenters. The van der Waals surface area contributed by atoms with Crippen LogP contribution in [0, 0.1) is 11.8 Å². The molecule has 1 aromatic rings. The molecule has 2 rings (SSSR count). The third-order valence-corrected chi connectivity index (χ3v) is 5.50. The number of hydrogen-bond acceptors (Lipinski definition) is 3. The fourth-order valence-electron chi connectivity index (χ4n) is 3.44. The molecule has 0 saturated heterocycles. The van der Waals surface area contributed by atoms with E-state index in [9.17, 15) is 0 Å². The van der Waals surface area contributed by atoms with E-state index in [4.69, 9.17) is 0 Å². The summed E-state index contributed by atoms with van der Waals surface area (Å²) in [5, 5.41) is 3.55. The van der Waals surface area contributed by atoms with Crippen LogP contribution in [0.4, 0.5) is 0 Å². The summed E-state index contributed by atoms with van der Waals surface area (Å²) in [5.74, 6) is 1.88. The maximum Gasteiger partial charge on any atom is 0.0794 e. The van der Waals surface area contributed by atoms with E-state index in [-0.39, 0.29) is 0 Å². The van der Waals surface area contributed by atoms with E-state index >= 15 is 0 Å². The van der Waals surface area contributed by atoms with Gasteiger partial charge in [-0.2, -0.15) is 0 Å². The van der Waals surface area contributed by atoms with Crippen LogP contribution in [0.15, 0.2) is 11.7 Å². The molecular formula is C16H28N2S. The zero-order chi connectivity index (χ0) is 13.5. The summed E-state index contributed by atoms with van der Waals surface area (Å²) in [4.78, 5) is 5.61. The van der Waals surface area contributed by atoms with Crippen LogP contribution in [-0.4, -0.2) is 18.1 Å². The highest BCUT2D eigenvalue weighted by Crippen LogP contribution is 2.34. The predicted octanol–water partition coefficient (Wildman–Crippen LogP) is 4.27. The monoisotopic (exact) mass is 280 g/mol. The van der Waals surface area contributed by atoms with E-state index in [1.807, 2.05) is 11.7 Å². The zero-order valence-corrected chi connectivity index (χ0v) is 13.2. The second-order valence-electron chi connectivity index (χ2n) is 5.99. The van der Waals surface area contributed by atoms with Gasteiger partial charge in [0, 0.05) is 17.1 Å². The zero-order valence-electron chi connectivity index (χ0n) is 12.4. The van der Waals surface area contributed by atoms with Crippen molar-refractivity contribution in [1.82, 2.24) is 10.3 Å². The van der Waals surface area contributed by atoms with Crippen LogP contribution in [0.25, 0.3) is 0 Å². The van der Waals surface area contributed by atoms with Crippen molar-refractivity contribution in [2.45, 2.75) is 64.3 Å². The van der Waals surface area contributed by atoms with Crippen molar-refractivity contribution in [1.29, 1.82) is 0 Å². The lowest BCUT2D eigenvalue weighted by molar-refractivity contribution is 0.216. The van der Waals surface area contributed by atoms with Crippen molar-refractivity contribution in [2.75, 3.05) is 7.05 Å². The molecule has 1 saturated carbocycles. The summed E-state index contributed by atoms with van der Waals surface area (Å²) < 4.78 is 0. The molecule has 3 heteroatoms. The maximum atomic E-state index is 4.19. The molecule has 1 N–H and O–H groups in total. The van der Waals surface area contributed by atoms with E-state index in [1.54, 1.807) is 11.3 Å². The van der Waals surface area contributed by atoms with Crippen molar-refractivity contribution in [3.05, 3.63) is 16.6 Å². The lowest BCUT2D eigenvalue weighted by Gasteiger charge is -2.33. The number of thiazole rings is 1. The van der Waals surface area contributed by atoms with Crippen molar-refractivity contribution in [2.24, 2.45) is 11.8 Å². The third kappa shape index (κ3) is 4.57. The summed E-state index contributed by atoms with van der Waals surface area (Å²) in [6.07, 6.45) is 13.2. The van der Waals surface area contributed by atoms with Crippen molar-refractivity contribution in [3.8, 4) is 0 Å². The minimum Gasteiger partial charge on any atom is -0.316 e. The minimum atomic E-state index is 0.646. The lowest BCUT2D eigenvalue weighted by Crippen LogP contribution is -2.37. The van der Waals surface area contributed by atoms with Gasteiger partial charge >= 0.3 is 0 Å². The molecule has 1 fully saturated rings. The molecule has 1 aromatic heterocycles. The van der Waals surface area contributed by atoms with Gasteiger partial charge in [0.15, 0.2) is 0 Å². The average molecular weight is 280 g/mol. The number of nitrogens with zero attached hydrogens (tertiary/aromatic N) is 1. The average Bonchev–Trinajstić information content (AvgIpc) is 2.96. The molecule has 19 heavy (non-hydrogen) atoms. The number of rotatable bonds is 7. The molecule has 1 aliphatic rings. The number of nitrogens with one attached hydrogen (secondary N) is 1. The van der Waals surface area contributed by atoms with Crippen LogP contribution in [0.3, 0.4) is 0 Å². The second kappa shape index (κ2) is 8.01. The molecular weight excluding hydrogens is 252 g/mol. The van der Waals surface area contributed by atoms with Gasteiger partial charge in [-0.1, -0.05) is 39.0 Å². The fraction of sp³-hybridized carbons (Fsp3) is 0.812. The number of unbranched alkanes of at least 4 members (excludes halogenated alkanes) is 1. The number of aromatic nitrogens is 1.